The number of carbonyl (C=O) groups is 1. The third-order valence-corrected chi connectivity index (χ3v) is 4.96. The number of rotatable bonds is 8. The number of nitrogens with zero attached hydrogens (tertiary/aromatic N) is 3. The van der Waals surface area contributed by atoms with E-state index in [-0.39, 0.29) is 12.0 Å². The first-order chi connectivity index (χ1) is 12.6. The second-order valence-electron chi connectivity index (χ2n) is 7.45. The molecule has 1 aromatic rings. The first-order valence-electron chi connectivity index (χ1n) is 9.46. The van der Waals surface area contributed by atoms with E-state index in [2.05, 4.69) is 34.2 Å². The molecule has 0 radical (unpaired) electrons. The van der Waals surface area contributed by atoms with Crippen molar-refractivity contribution < 1.29 is 14.3 Å². The fourth-order valence-electron chi connectivity index (χ4n) is 3.35. The van der Waals surface area contributed by atoms with Crippen LogP contribution in [-0.2, 0) is 4.74 Å². The zero-order valence-corrected chi connectivity index (χ0v) is 15.8. The lowest BCUT2D eigenvalue weighted by atomic mass is 10.1. The van der Waals surface area contributed by atoms with Gasteiger partial charge in [-0.3, -0.25) is 4.79 Å². The molecule has 2 atom stereocenters. The molecule has 1 amide bonds. The number of amides is 1. The Hall–Kier alpha value is -1.70. The zero-order chi connectivity index (χ0) is 18.4. The van der Waals surface area contributed by atoms with Crippen LogP contribution in [0.2, 0.25) is 0 Å². The zero-order valence-electron chi connectivity index (χ0n) is 15.8. The molecular formula is C19H30N4O3. The standard InChI is InChI=1S/C19H30N4O3/c1-22(2)8-9-23-7-4-15(13-23)12-21-19(24)16-3-6-20-18(11-16)26-17-5-10-25-14-17/h3,6,11,15,17H,4-5,7-10,12-14H2,1-2H3,(H,21,24). The monoisotopic (exact) mass is 362 g/mol. The van der Waals surface area contributed by atoms with Crippen molar-refractivity contribution in [3.8, 4) is 5.88 Å². The lowest BCUT2D eigenvalue weighted by molar-refractivity contribution is 0.0945. The predicted molar refractivity (Wildman–Crippen MR) is 99.5 cm³/mol. The Morgan fingerprint density at radius 1 is 1.46 bits per heavy atom. The maximum Gasteiger partial charge on any atom is 0.251 e. The number of ether oxygens (including phenoxy) is 2. The summed E-state index contributed by atoms with van der Waals surface area (Å²) < 4.78 is 11.1. The third-order valence-electron chi connectivity index (χ3n) is 4.96. The van der Waals surface area contributed by atoms with E-state index in [1.807, 2.05) is 0 Å². The van der Waals surface area contributed by atoms with Crippen LogP contribution in [-0.4, -0.2) is 86.8 Å². The van der Waals surface area contributed by atoms with Gasteiger partial charge in [0.25, 0.3) is 5.91 Å². The summed E-state index contributed by atoms with van der Waals surface area (Å²) in [7, 11) is 4.19. The van der Waals surface area contributed by atoms with Gasteiger partial charge in [0.15, 0.2) is 0 Å². The molecule has 0 saturated carbocycles. The highest BCUT2D eigenvalue weighted by Crippen LogP contribution is 2.17. The molecule has 0 aromatic carbocycles. The molecule has 3 heterocycles. The quantitative estimate of drug-likeness (QED) is 0.740. The Morgan fingerprint density at radius 2 is 2.35 bits per heavy atom. The topological polar surface area (TPSA) is 66.9 Å². The van der Waals surface area contributed by atoms with Gasteiger partial charge >= 0.3 is 0 Å². The lowest BCUT2D eigenvalue weighted by Gasteiger charge is -2.18. The summed E-state index contributed by atoms with van der Waals surface area (Å²) in [6.45, 7) is 6.36. The molecule has 144 valence electrons. The van der Waals surface area contributed by atoms with Gasteiger partial charge in [-0.15, -0.1) is 0 Å². The van der Waals surface area contributed by atoms with Gasteiger partial charge < -0.3 is 24.6 Å². The third kappa shape index (κ3) is 5.65. The molecule has 2 saturated heterocycles. The van der Waals surface area contributed by atoms with Crippen molar-refractivity contribution in [2.75, 3.05) is 60.0 Å². The van der Waals surface area contributed by atoms with E-state index in [4.69, 9.17) is 9.47 Å². The van der Waals surface area contributed by atoms with Crippen molar-refractivity contribution in [1.82, 2.24) is 20.1 Å². The molecule has 0 bridgehead atoms. The maximum atomic E-state index is 12.4. The molecule has 3 rings (SSSR count). The van der Waals surface area contributed by atoms with E-state index < -0.39 is 0 Å². The smallest absolute Gasteiger partial charge is 0.251 e. The first-order valence-corrected chi connectivity index (χ1v) is 9.46. The SMILES string of the molecule is CN(C)CCN1CCC(CNC(=O)c2ccnc(OC3CCOC3)c2)C1. The summed E-state index contributed by atoms with van der Waals surface area (Å²) in [5.74, 6) is 0.949. The fraction of sp³-hybridized carbons (Fsp3) is 0.684. The summed E-state index contributed by atoms with van der Waals surface area (Å²) in [6.07, 6.45) is 3.66. The van der Waals surface area contributed by atoms with Crippen LogP contribution in [0.5, 0.6) is 5.88 Å². The van der Waals surface area contributed by atoms with Gasteiger partial charge in [0.1, 0.15) is 6.10 Å². The average molecular weight is 362 g/mol. The molecule has 1 aromatic heterocycles. The highest BCUT2D eigenvalue weighted by Gasteiger charge is 2.23. The van der Waals surface area contributed by atoms with Gasteiger partial charge in [-0.25, -0.2) is 4.98 Å². The van der Waals surface area contributed by atoms with Crippen LogP contribution >= 0.6 is 0 Å². The van der Waals surface area contributed by atoms with E-state index >= 15 is 0 Å². The number of pyridine rings is 1. The van der Waals surface area contributed by atoms with E-state index in [1.165, 1.54) is 0 Å². The van der Waals surface area contributed by atoms with Crippen molar-refractivity contribution in [2.24, 2.45) is 5.92 Å². The molecule has 0 spiro atoms. The Labute approximate surface area is 155 Å². The first kappa shape index (κ1) is 19.1. The summed E-state index contributed by atoms with van der Waals surface area (Å²) in [6, 6.07) is 3.44. The Bertz CT molecular complexity index is 590. The molecule has 26 heavy (non-hydrogen) atoms. The minimum atomic E-state index is -0.0633. The van der Waals surface area contributed by atoms with E-state index in [9.17, 15) is 4.79 Å². The van der Waals surface area contributed by atoms with Crippen LogP contribution < -0.4 is 10.1 Å². The Kier molecular flexibility index (Phi) is 6.82. The van der Waals surface area contributed by atoms with Crippen molar-refractivity contribution in [3.63, 3.8) is 0 Å². The number of likely N-dealkylation sites (tertiary alicyclic amines) is 1. The van der Waals surface area contributed by atoms with Crippen molar-refractivity contribution in [2.45, 2.75) is 18.9 Å². The van der Waals surface area contributed by atoms with E-state index in [0.29, 0.717) is 30.5 Å². The molecule has 7 heteroatoms. The molecular weight excluding hydrogens is 332 g/mol. The highest BCUT2D eigenvalue weighted by molar-refractivity contribution is 5.94. The fourth-order valence-corrected chi connectivity index (χ4v) is 3.35. The van der Waals surface area contributed by atoms with Crippen LogP contribution in [0, 0.1) is 5.92 Å². The minimum Gasteiger partial charge on any atom is -0.472 e. The molecule has 2 aliphatic heterocycles. The van der Waals surface area contributed by atoms with Gasteiger partial charge in [-0.2, -0.15) is 0 Å². The summed E-state index contributed by atoms with van der Waals surface area (Å²) >= 11 is 0. The molecule has 0 aliphatic carbocycles. The summed E-state index contributed by atoms with van der Waals surface area (Å²) in [5, 5.41) is 3.06. The number of aromatic nitrogens is 1. The number of nitrogens with one attached hydrogen (secondary N) is 1. The van der Waals surface area contributed by atoms with Crippen molar-refractivity contribution >= 4 is 5.91 Å². The van der Waals surface area contributed by atoms with Gasteiger partial charge in [-0.05, 0) is 39.0 Å². The van der Waals surface area contributed by atoms with Gasteiger partial charge in [0.05, 0.1) is 13.2 Å². The van der Waals surface area contributed by atoms with Crippen LogP contribution in [0.3, 0.4) is 0 Å². The minimum absolute atomic E-state index is 0.0347. The van der Waals surface area contributed by atoms with Crippen molar-refractivity contribution in [3.05, 3.63) is 23.9 Å². The molecule has 2 unspecified atom stereocenters. The van der Waals surface area contributed by atoms with Gasteiger partial charge in [-0.1, -0.05) is 0 Å². The highest BCUT2D eigenvalue weighted by atomic mass is 16.5. The van der Waals surface area contributed by atoms with Crippen LogP contribution in [0.25, 0.3) is 0 Å². The Balaban J connectivity index is 1.43. The van der Waals surface area contributed by atoms with Gasteiger partial charge in [0.2, 0.25) is 5.88 Å². The number of hydrogen-bond acceptors (Lipinski definition) is 6. The van der Waals surface area contributed by atoms with E-state index in [1.54, 1.807) is 18.3 Å². The number of carbonyl (C=O) groups excluding carboxylic acids is 1. The predicted octanol–water partition coefficient (Wildman–Crippen LogP) is 0.863. The molecule has 7 nitrogen and oxygen atoms in total. The average Bonchev–Trinajstić information content (AvgIpc) is 3.30. The summed E-state index contributed by atoms with van der Waals surface area (Å²) in [5.41, 5.74) is 0.594. The van der Waals surface area contributed by atoms with Crippen LogP contribution in [0.4, 0.5) is 0 Å². The molecule has 2 aliphatic rings. The van der Waals surface area contributed by atoms with Crippen LogP contribution in [0.15, 0.2) is 18.3 Å². The largest absolute Gasteiger partial charge is 0.472 e. The Morgan fingerprint density at radius 3 is 3.12 bits per heavy atom. The van der Waals surface area contributed by atoms with Crippen molar-refractivity contribution in [1.29, 1.82) is 0 Å². The number of likely N-dealkylation sites (N-methyl/N-ethyl adjacent to an activating group) is 1. The maximum absolute atomic E-state index is 12.4. The normalized spacial score (nSPS) is 23.5. The second kappa shape index (κ2) is 9.30. The molecule has 1 N–H and O–H groups in total. The molecule has 2 fully saturated rings. The van der Waals surface area contributed by atoms with Crippen LogP contribution in [0.1, 0.15) is 23.2 Å². The van der Waals surface area contributed by atoms with Gasteiger partial charge in [0, 0.05) is 50.4 Å². The lowest BCUT2D eigenvalue weighted by Crippen LogP contribution is -2.33. The van der Waals surface area contributed by atoms with E-state index in [0.717, 1.165) is 45.6 Å². The second-order valence-corrected chi connectivity index (χ2v) is 7.45. The summed E-state index contributed by atoms with van der Waals surface area (Å²) in [4.78, 5) is 21.3. The number of hydrogen-bond donors (Lipinski definition) is 1.